The van der Waals surface area contributed by atoms with E-state index in [1.54, 1.807) is 24.5 Å². The molecule has 1 amide bonds. The third kappa shape index (κ3) is 5.62. The predicted molar refractivity (Wildman–Crippen MR) is 93.5 cm³/mol. The summed E-state index contributed by atoms with van der Waals surface area (Å²) < 4.78 is 18.7. The summed E-state index contributed by atoms with van der Waals surface area (Å²) in [6, 6.07) is 9.65. The zero-order valence-corrected chi connectivity index (χ0v) is 14.0. The van der Waals surface area contributed by atoms with Gasteiger partial charge in [0, 0.05) is 37.8 Å². The van der Waals surface area contributed by atoms with Crippen LogP contribution < -0.4 is 5.32 Å². The molecular weight excluding hydrogens is 321 g/mol. The van der Waals surface area contributed by atoms with E-state index in [1.165, 1.54) is 12.1 Å². The number of ether oxygens (including phenoxy) is 1. The van der Waals surface area contributed by atoms with Gasteiger partial charge >= 0.3 is 0 Å². The number of nitrogens with one attached hydrogen (secondary N) is 1. The van der Waals surface area contributed by atoms with Crippen LogP contribution in [0.3, 0.4) is 0 Å². The van der Waals surface area contributed by atoms with Crippen LogP contribution in [0.4, 0.5) is 10.1 Å². The summed E-state index contributed by atoms with van der Waals surface area (Å²) >= 11 is 0. The molecule has 2 aromatic rings. The van der Waals surface area contributed by atoms with Crippen LogP contribution in [0, 0.1) is 5.82 Å². The number of halogens is 1. The Bertz CT molecular complexity index is 673. The van der Waals surface area contributed by atoms with E-state index in [2.05, 4.69) is 15.2 Å². The van der Waals surface area contributed by atoms with Crippen molar-refractivity contribution in [3.8, 4) is 0 Å². The van der Waals surface area contributed by atoms with Gasteiger partial charge in [-0.2, -0.15) is 0 Å². The summed E-state index contributed by atoms with van der Waals surface area (Å²) in [5, 5.41) is 2.81. The Kier molecular flexibility index (Phi) is 6.09. The molecule has 1 atom stereocenters. The van der Waals surface area contributed by atoms with E-state index < -0.39 is 0 Å². The number of aromatic nitrogens is 1. The van der Waals surface area contributed by atoms with Crippen LogP contribution in [-0.2, 0) is 16.1 Å². The molecule has 1 N–H and O–H groups in total. The van der Waals surface area contributed by atoms with Crippen molar-refractivity contribution >= 4 is 11.6 Å². The van der Waals surface area contributed by atoms with Crippen LogP contribution >= 0.6 is 0 Å². The van der Waals surface area contributed by atoms with Crippen LogP contribution in [0.1, 0.15) is 18.4 Å². The highest BCUT2D eigenvalue weighted by molar-refractivity contribution is 5.92. The van der Waals surface area contributed by atoms with Crippen LogP contribution in [-0.4, -0.2) is 41.6 Å². The van der Waals surface area contributed by atoms with Crippen molar-refractivity contribution in [1.29, 1.82) is 0 Å². The molecule has 2 heterocycles. The molecule has 0 aliphatic carbocycles. The minimum absolute atomic E-state index is 0.131. The lowest BCUT2D eigenvalue weighted by atomic mass is 10.2. The summed E-state index contributed by atoms with van der Waals surface area (Å²) in [6.07, 6.45) is 5.78. The van der Waals surface area contributed by atoms with Gasteiger partial charge in [-0.3, -0.25) is 14.7 Å². The number of pyridine rings is 1. The quantitative estimate of drug-likeness (QED) is 0.840. The molecular formula is C19H22FN3O2. The van der Waals surface area contributed by atoms with Crippen molar-refractivity contribution in [2.45, 2.75) is 25.5 Å². The normalized spacial score (nSPS) is 17.0. The number of hydrogen-bond donors (Lipinski definition) is 1. The Balaban J connectivity index is 1.61. The fraction of sp³-hybridized carbons (Fsp3) is 0.368. The maximum Gasteiger partial charge on any atom is 0.238 e. The first-order valence-electron chi connectivity index (χ1n) is 8.47. The lowest BCUT2D eigenvalue weighted by Gasteiger charge is -2.24. The van der Waals surface area contributed by atoms with Gasteiger partial charge < -0.3 is 10.1 Å². The van der Waals surface area contributed by atoms with E-state index in [0.717, 1.165) is 25.0 Å². The topological polar surface area (TPSA) is 54.5 Å². The third-order valence-electron chi connectivity index (χ3n) is 4.11. The highest BCUT2D eigenvalue weighted by Gasteiger charge is 2.21. The molecule has 0 bridgehead atoms. The van der Waals surface area contributed by atoms with Crippen molar-refractivity contribution in [2.75, 3.05) is 25.0 Å². The largest absolute Gasteiger partial charge is 0.377 e. The predicted octanol–water partition coefficient (Wildman–Crippen LogP) is 2.84. The van der Waals surface area contributed by atoms with E-state index >= 15 is 0 Å². The Labute approximate surface area is 146 Å². The number of rotatable bonds is 7. The van der Waals surface area contributed by atoms with E-state index in [0.29, 0.717) is 18.8 Å². The lowest BCUT2D eigenvalue weighted by Crippen LogP contribution is -2.38. The number of nitrogens with zero attached hydrogens (tertiary/aromatic N) is 2. The zero-order chi connectivity index (χ0) is 17.5. The number of anilines is 1. The van der Waals surface area contributed by atoms with Gasteiger partial charge in [0.2, 0.25) is 5.91 Å². The average molecular weight is 343 g/mol. The summed E-state index contributed by atoms with van der Waals surface area (Å²) in [6.45, 7) is 2.36. The number of carbonyl (C=O) groups is 1. The van der Waals surface area contributed by atoms with Gasteiger partial charge in [0.15, 0.2) is 0 Å². The van der Waals surface area contributed by atoms with Crippen molar-refractivity contribution < 1.29 is 13.9 Å². The Morgan fingerprint density at radius 1 is 1.32 bits per heavy atom. The molecule has 3 rings (SSSR count). The van der Waals surface area contributed by atoms with Gasteiger partial charge in [0.1, 0.15) is 5.82 Å². The van der Waals surface area contributed by atoms with Crippen molar-refractivity contribution in [3.63, 3.8) is 0 Å². The van der Waals surface area contributed by atoms with E-state index in [4.69, 9.17) is 4.74 Å². The highest BCUT2D eigenvalue weighted by atomic mass is 19.1. The fourth-order valence-corrected chi connectivity index (χ4v) is 2.95. The van der Waals surface area contributed by atoms with Crippen molar-refractivity contribution in [1.82, 2.24) is 9.88 Å². The summed E-state index contributed by atoms with van der Waals surface area (Å²) in [5.74, 6) is -0.455. The van der Waals surface area contributed by atoms with Crippen LogP contribution in [0.15, 0.2) is 48.8 Å². The molecule has 1 aromatic carbocycles. The molecule has 25 heavy (non-hydrogen) atoms. The summed E-state index contributed by atoms with van der Waals surface area (Å²) in [5.41, 5.74) is 1.64. The maximum absolute atomic E-state index is 13.0. The maximum atomic E-state index is 13.0. The third-order valence-corrected chi connectivity index (χ3v) is 4.11. The molecule has 5 nitrogen and oxygen atoms in total. The molecule has 6 heteroatoms. The fourth-order valence-electron chi connectivity index (χ4n) is 2.95. The van der Waals surface area contributed by atoms with Gasteiger partial charge in [-0.15, -0.1) is 0 Å². The molecule has 0 radical (unpaired) electrons. The summed E-state index contributed by atoms with van der Waals surface area (Å²) in [4.78, 5) is 18.6. The Hall–Kier alpha value is -2.31. The Morgan fingerprint density at radius 2 is 2.16 bits per heavy atom. The van der Waals surface area contributed by atoms with Gasteiger partial charge in [-0.05, 0) is 48.7 Å². The van der Waals surface area contributed by atoms with Crippen molar-refractivity contribution in [2.24, 2.45) is 0 Å². The van der Waals surface area contributed by atoms with E-state index in [9.17, 15) is 9.18 Å². The van der Waals surface area contributed by atoms with Crippen LogP contribution in [0.2, 0.25) is 0 Å². The first-order valence-corrected chi connectivity index (χ1v) is 8.47. The second-order valence-electron chi connectivity index (χ2n) is 6.22. The monoisotopic (exact) mass is 343 g/mol. The minimum atomic E-state index is -0.324. The molecule has 0 spiro atoms. The van der Waals surface area contributed by atoms with Gasteiger partial charge in [-0.25, -0.2) is 4.39 Å². The van der Waals surface area contributed by atoms with Gasteiger partial charge in [-0.1, -0.05) is 6.07 Å². The van der Waals surface area contributed by atoms with E-state index in [-0.39, 0.29) is 24.4 Å². The molecule has 0 unspecified atom stereocenters. The number of benzene rings is 1. The minimum Gasteiger partial charge on any atom is -0.377 e. The molecule has 1 aromatic heterocycles. The number of hydrogen-bond acceptors (Lipinski definition) is 4. The molecule has 0 saturated carbocycles. The highest BCUT2D eigenvalue weighted by Crippen LogP contribution is 2.15. The van der Waals surface area contributed by atoms with Crippen LogP contribution in [0.5, 0.6) is 0 Å². The lowest BCUT2D eigenvalue weighted by molar-refractivity contribution is -0.117. The van der Waals surface area contributed by atoms with Crippen molar-refractivity contribution in [3.05, 3.63) is 60.2 Å². The first-order chi connectivity index (χ1) is 12.2. The summed E-state index contributed by atoms with van der Waals surface area (Å²) in [7, 11) is 0. The molecule has 1 aliphatic heterocycles. The first kappa shape index (κ1) is 17.5. The smallest absolute Gasteiger partial charge is 0.238 e. The van der Waals surface area contributed by atoms with E-state index in [1.807, 2.05) is 12.1 Å². The Morgan fingerprint density at radius 3 is 2.84 bits per heavy atom. The van der Waals surface area contributed by atoms with Gasteiger partial charge in [0.05, 0.1) is 12.6 Å². The molecule has 1 aliphatic rings. The second kappa shape index (κ2) is 8.69. The molecule has 132 valence electrons. The van der Waals surface area contributed by atoms with Gasteiger partial charge in [0.25, 0.3) is 0 Å². The zero-order valence-electron chi connectivity index (χ0n) is 14.0. The standard InChI is InChI=1S/C19H22FN3O2/c20-16-5-7-17(8-6-16)22-19(24)14-23(13-18-4-2-10-25-18)12-15-3-1-9-21-11-15/h1,3,5-9,11,18H,2,4,10,12-14H2,(H,22,24)/t18-/m0/s1. The number of carbonyl (C=O) groups excluding carboxylic acids is 1. The second-order valence-corrected chi connectivity index (χ2v) is 6.22. The molecule has 1 fully saturated rings. The number of amides is 1. The van der Waals surface area contributed by atoms with Crippen LogP contribution in [0.25, 0.3) is 0 Å². The molecule has 1 saturated heterocycles. The average Bonchev–Trinajstić information content (AvgIpc) is 3.11. The SMILES string of the molecule is O=C(CN(Cc1cccnc1)C[C@@H]1CCCO1)Nc1ccc(F)cc1.